The number of rotatable bonds is 0. The van der Waals surface area contributed by atoms with Gasteiger partial charge in [-0.25, -0.2) is 0 Å². The van der Waals surface area contributed by atoms with Gasteiger partial charge >= 0.3 is 48.3 Å². The van der Waals surface area contributed by atoms with Crippen molar-refractivity contribution in [3.63, 3.8) is 0 Å². The monoisotopic (exact) mass is 526 g/mol. The van der Waals surface area contributed by atoms with Crippen molar-refractivity contribution in [1.82, 2.24) is 0 Å². The van der Waals surface area contributed by atoms with Gasteiger partial charge in [-0.1, -0.05) is 19.1 Å². The molecule has 0 N–H and O–H groups in total. The first-order chi connectivity index (χ1) is 15.1. The lowest BCUT2D eigenvalue weighted by atomic mass is 9.93. The number of fused-ring (bicyclic) bond motifs is 5. The Labute approximate surface area is 191 Å². The van der Waals surface area contributed by atoms with Crippen LogP contribution in [0.25, 0.3) is 0 Å². The van der Waals surface area contributed by atoms with Crippen LogP contribution in [0.1, 0.15) is 33.1 Å². The highest BCUT2D eigenvalue weighted by Gasteiger charge is 2.61. The molecule has 0 amide bonds. The average Bonchev–Trinajstić information content (AvgIpc) is 3.24. The maximum absolute atomic E-state index is 11.4. The zero-order valence-corrected chi connectivity index (χ0v) is 20.0. The maximum Gasteiger partial charge on any atom is 0.334 e. The van der Waals surface area contributed by atoms with Crippen LogP contribution >= 0.6 is 0 Å². The Morgan fingerprint density at radius 3 is 2.03 bits per heavy atom. The summed E-state index contributed by atoms with van der Waals surface area (Å²) in [5.74, 6) is -2.36. The van der Waals surface area contributed by atoms with E-state index < -0.39 is 59.4 Å². The first kappa shape index (κ1) is 25.4. The molecule has 15 heteroatoms. The molecule has 5 rings (SSSR count). The van der Waals surface area contributed by atoms with Gasteiger partial charge in [-0.05, 0) is 36.7 Å². The average molecular weight is 527 g/mol. The Balaban J connectivity index is 0.000000142. The summed E-state index contributed by atoms with van der Waals surface area (Å²) in [5, 5.41) is 0.365. The van der Waals surface area contributed by atoms with Crippen LogP contribution in [0.2, 0.25) is 0 Å². The fourth-order valence-corrected chi connectivity index (χ4v) is 8.23. The molecule has 5 atom stereocenters. The molecule has 2 aliphatic carbocycles. The number of carbonyl (C=O) groups excluding carboxylic acids is 3. The van der Waals surface area contributed by atoms with Crippen molar-refractivity contribution in [2.75, 3.05) is 5.75 Å². The topological polar surface area (TPSA) is 181 Å². The van der Waals surface area contributed by atoms with Gasteiger partial charge in [0.05, 0.1) is 29.9 Å². The van der Waals surface area contributed by atoms with E-state index in [0.29, 0.717) is 5.57 Å². The molecule has 2 saturated heterocycles. The molecule has 3 fully saturated rings. The zero-order chi connectivity index (χ0) is 24.8. The van der Waals surface area contributed by atoms with Crippen molar-refractivity contribution in [2.24, 2.45) is 23.7 Å². The fourth-order valence-electron chi connectivity index (χ4n) is 4.31. The Morgan fingerprint density at radius 1 is 0.879 bits per heavy atom. The predicted octanol–water partition coefficient (Wildman–Crippen LogP) is 0.130. The second-order valence-electron chi connectivity index (χ2n) is 8.41. The van der Waals surface area contributed by atoms with Crippen molar-refractivity contribution < 1.29 is 52.2 Å². The van der Waals surface area contributed by atoms with E-state index in [1.165, 1.54) is 0 Å². The molecule has 5 unspecified atom stereocenters. The minimum absolute atomic E-state index is 0.00597. The molecular formula is C18H22O12S3. The van der Waals surface area contributed by atoms with Gasteiger partial charge in [-0.3, -0.25) is 14.4 Å². The smallest absolute Gasteiger partial charge is 0.334 e. The Bertz CT molecular complexity index is 1240. The molecule has 2 bridgehead atoms. The van der Waals surface area contributed by atoms with Crippen LogP contribution in [0.4, 0.5) is 0 Å². The van der Waals surface area contributed by atoms with Crippen molar-refractivity contribution in [1.29, 1.82) is 0 Å². The minimum Gasteiger partial charge on any atom is -0.346 e. The van der Waals surface area contributed by atoms with E-state index in [2.05, 4.69) is 12.5 Å². The van der Waals surface area contributed by atoms with Crippen LogP contribution in [0.15, 0.2) is 23.1 Å². The van der Waals surface area contributed by atoms with Gasteiger partial charge in [0.1, 0.15) is 5.25 Å². The number of carbonyl (C=O) groups is 3. The van der Waals surface area contributed by atoms with Gasteiger partial charge in [0.25, 0.3) is 0 Å². The summed E-state index contributed by atoms with van der Waals surface area (Å²) >= 11 is 0. The first-order valence-electron chi connectivity index (χ1n) is 9.83. The van der Waals surface area contributed by atoms with Gasteiger partial charge in [0.15, 0.2) is 0 Å². The third-order valence-corrected chi connectivity index (χ3v) is 9.62. The largest absolute Gasteiger partial charge is 0.346 e. The molecule has 33 heavy (non-hydrogen) atoms. The highest BCUT2D eigenvalue weighted by atomic mass is 32.2. The molecule has 0 aromatic carbocycles. The molecule has 1 saturated carbocycles. The van der Waals surface area contributed by atoms with Crippen molar-refractivity contribution in [3.8, 4) is 0 Å². The van der Waals surface area contributed by atoms with E-state index in [-0.39, 0.29) is 36.3 Å². The van der Waals surface area contributed by atoms with Crippen LogP contribution < -0.4 is 0 Å². The van der Waals surface area contributed by atoms with Crippen LogP contribution in [0, 0.1) is 23.7 Å². The van der Waals surface area contributed by atoms with Crippen LogP contribution in [0.5, 0.6) is 0 Å². The summed E-state index contributed by atoms with van der Waals surface area (Å²) in [6.45, 7) is 3.27. The fraction of sp³-hybridized carbons (Fsp3) is 0.611. The molecule has 3 aliphatic heterocycles. The highest BCUT2D eigenvalue weighted by molar-refractivity contribution is 7.90. The van der Waals surface area contributed by atoms with E-state index in [9.17, 15) is 39.6 Å². The molecule has 0 radical (unpaired) electrons. The lowest BCUT2D eigenvalue weighted by molar-refractivity contribution is -0.137. The molecule has 12 nitrogen and oxygen atoms in total. The van der Waals surface area contributed by atoms with Crippen LogP contribution in [-0.4, -0.2) is 54.2 Å². The van der Waals surface area contributed by atoms with Crippen LogP contribution in [0.3, 0.4) is 0 Å². The molecule has 3 heterocycles. The number of hydrogen-bond donors (Lipinski definition) is 0. The van der Waals surface area contributed by atoms with Gasteiger partial charge in [0, 0.05) is 0 Å². The number of hydrogen-bond acceptors (Lipinski definition) is 12. The second-order valence-corrected chi connectivity index (χ2v) is 13.1. The van der Waals surface area contributed by atoms with E-state index in [0.717, 1.165) is 11.8 Å². The third kappa shape index (κ3) is 6.00. The van der Waals surface area contributed by atoms with E-state index in [4.69, 9.17) is 0 Å². The quantitative estimate of drug-likeness (QED) is 0.308. The molecular weight excluding hydrogens is 504 g/mol. The third-order valence-electron chi connectivity index (χ3n) is 5.39. The summed E-state index contributed by atoms with van der Waals surface area (Å²) in [6.07, 6.45) is 4.90. The summed E-state index contributed by atoms with van der Waals surface area (Å²) in [7, 11) is -10.8. The van der Waals surface area contributed by atoms with E-state index >= 15 is 0 Å². The van der Waals surface area contributed by atoms with Crippen molar-refractivity contribution in [3.05, 3.63) is 23.1 Å². The van der Waals surface area contributed by atoms with Gasteiger partial charge in [0.2, 0.25) is 0 Å². The lowest BCUT2D eigenvalue weighted by Gasteiger charge is -2.16. The highest BCUT2D eigenvalue weighted by Crippen LogP contribution is 2.51. The zero-order valence-electron chi connectivity index (χ0n) is 17.6. The van der Waals surface area contributed by atoms with Crippen molar-refractivity contribution in [2.45, 2.75) is 38.4 Å². The van der Waals surface area contributed by atoms with Gasteiger partial charge in [-0.15, -0.1) is 0 Å². The van der Waals surface area contributed by atoms with E-state index in [1.807, 2.05) is 12.2 Å². The van der Waals surface area contributed by atoms with Crippen LogP contribution in [-0.2, 0) is 57.3 Å². The Hall–Kier alpha value is -2.26. The standard InChI is InChI=1S/C8H8O4S.C5H8O4S.C5H6O4S/c9-8-6-4-1-2-5(3-4)7(6)13(10,11)12-8;2*1-4-2-5(6)9-10(7,8)3-4/h1-2,4-7H,3H2;4H,2-3H2,1H3;3H,2H2,1H3. The second kappa shape index (κ2) is 8.83. The van der Waals surface area contributed by atoms with Gasteiger partial charge in [-0.2, -0.15) is 25.3 Å². The molecule has 0 spiro atoms. The summed E-state index contributed by atoms with van der Waals surface area (Å²) in [4.78, 5) is 32.2. The summed E-state index contributed by atoms with van der Waals surface area (Å²) in [5.41, 5.74) is 0.510. The lowest BCUT2D eigenvalue weighted by Crippen LogP contribution is -2.28. The summed E-state index contributed by atoms with van der Waals surface area (Å²) in [6, 6.07) is 0. The normalized spacial score (nSPS) is 36.0. The van der Waals surface area contributed by atoms with Crippen molar-refractivity contribution >= 4 is 48.3 Å². The summed E-state index contributed by atoms with van der Waals surface area (Å²) < 4.78 is 77.6. The molecule has 0 aromatic heterocycles. The van der Waals surface area contributed by atoms with E-state index in [1.54, 1.807) is 13.8 Å². The van der Waals surface area contributed by atoms with Gasteiger partial charge < -0.3 is 12.5 Å². The maximum atomic E-state index is 11.4. The molecule has 5 aliphatic rings. The Morgan fingerprint density at radius 2 is 1.52 bits per heavy atom. The molecule has 184 valence electrons. The minimum atomic E-state index is -3.69. The first-order valence-corrected chi connectivity index (χ1v) is 14.4. The SMILES string of the molecule is CC1=CS(=O)(=O)OC(=O)C1.CC1CC(=O)OS(=O)(=O)C1.O=C1OS(=O)(=O)C2C3C=CC(C3)C12. The Kier molecular flexibility index (Phi) is 6.79. The molecule has 0 aromatic rings. The predicted molar refractivity (Wildman–Crippen MR) is 110 cm³/mol. The number of allylic oxidation sites excluding steroid dienone is 2.